The first-order valence-corrected chi connectivity index (χ1v) is 5.96. The Bertz CT molecular complexity index is 712. The van der Waals surface area contributed by atoms with E-state index >= 15 is 0 Å². The van der Waals surface area contributed by atoms with Gasteiger partial charge in [0.25, 0.3) is 0 Å². The SMILES string of the molecule is Cc1cc(-c2cccc3ccccc23)cnc1N. The van der Waals surface area contributed by atoms with Crippen LogP contribution in [-0.2, 0) is 0 Å². The van der Waals surface area contributed by atoms with E-state index in [9.17, 15) is 0 Å². The molecule has 0 saturated heterocycles. The van der Waals surface area contributed by atoms with Crippen molar-refractivity contribution in [1.29, 1.82) is 0 Å². The van der Waals surface area contributed by atoms with Crippen LogP contribution >= 0.6 is 0 Å². The maximum absolute atomic E-state index is 5.77. The molecule has 0 saturated carbocycles. The molecule has 0 fully saturated rings. The quantitative estimate of drug-likeness (QED) is 0.695. The van der Waals surface area contributed by atoms with E-state index in [1.165, 1.54) is 16.3 Å². The minimum atomic E-state index is 0.596. The largest absolute Gasteiger partial charge is 0.383 e. The number of anilines is 1. The topological polar surface area (TPSA) is 38.9 Å². The standard InChI is InChI=1S/C16H14N2/c1-11-9-13(10-18-16(11)17)15-8-4-6-12-5-2-3-7-14(12)15/h2-10H,1H3,(H2,17,18). The van der Waals surface area contributed by atoms with Gasteiger partial charge in [0.1, 0.15) is 5.82 Å². The average molecular weight is 234 g/mol. The maximum Gasteiger partial charge on any atom is 0.126 e. The van der Waals surface area contributed by atoms with E-state index in [2.05, 4.69) is 53.5 Å². The molecule has 3 aromatic rings. The molecule has 0 bridgehead atoms. The first kappa shape index (κ1) is 10.8. The summed E-state index contributed by atoms with van der Waals surface area (Å²) in [5.74, 6) is 0.596. The van der Waals surface area contributed by atoms with Crippen LogP contribution in [0.3, 0.4) is 0 Å². The molecule has 2 aromatic carbocycles. The highest BCUT2D eigenvalue weighted by molar-refractivity contribution is 5.96. The number of hydrogen-bond acceptors (Lipinski definition) is 2. The second-order valence-corrected chi connectivity index (χ2v) is 4.45. The zero-order chi connectivity index (χ0) is 12.5. The van der Waals surface area contributed by atoms with Crippen molar-refractivity contribution in [3.8, 4) is 11.1 Å². The van der Waals surface area contributed by atoms with Crippen LogP contribution in [0.2, 0.25) is 0 Å². The minimum absolute atomic E-state index is 0.596. The van der Waals surface area contributed by atoms with Gasteiger partial charge in [0.15, 0.2) is 0 Å². The molecular formula is C16H14N2. The third kappa shape index (κ3) is 1.72. The molecule has 3 rings (SSSR count). The van der Waals surface area contributed by atoms with Gasteiger partial charge < -0.3 is 5.73 Å². The molecule has 0 unspecified atom stereocenters. The lowest BCUT2D eigenvalue weighted by Crippen LogP contribution is -1.94. The lowest BCUT2D eigenvalue weighted by Gasteiger charge is -2.08. The third-order valence-corrected chi connectivity index (χ3v) is 3.22. The Morgan fingerprint density at radius 1 is 1.00 bits per heavy atom. The monoisotopic (exact) mass is 234 g/mol. The van der Waals surface area contributed by atoms with E-state index < -0.39 is 0 Å². The fraction of sp³-hybridized carbons (Fsp3) is 0.0625. The predicted octanol–water partition coefficient (Wildman–Crippen LogP) is 3.79. The highest BCUT2D eigenvalue weighted by Crippen LogP contribution is 2.29. The Morgan fingerprint density at radius 2 is 1.78 bits per heavy atom. The smallest absolute Gasteiger partial charge is 0.126 e. The fourth-order valence-electron chi connectivity index (χ4n) is 2.21. The van der Waals surface area contributed by atoms with Crippen LogP contribution in [-0.4, -0.2) is 4.98 Å². The van der Waals surface area contributed by atoms with Gasteiger partial charge in [-0.3, -0.25) is 0 Å². The van der Waals surface area contributed by atoms with Gasteiger partial charge in [-0.1, -0.05) is 42.5 Å². The Hall–Kier alpha value is -2.35. The molecule has 0 atom stereocenters. The Kier molecular flexibility index (Phi) is 2.49. The molecule has 0 aliphatic carbocycles. The summed E-state index contributed by atoms with van der Waals surface area (Å²) in [5.41, 5.74) is 9.09. The number of rotatable bonds is 1. The Morgan fingerprint density at radius 3 is 2.61 bits per heavy atom. The zero-order valence-corrected chi connectivity index (χ0v) is 10.2. The number of nitrogens with two attached hydrogens (primary N) is 1. The van der Waals surface area contributed by atoms with Gasteiger partial charge in [0.2, 0.25) is 0 Å². The second-order valence-electron chi connectivity index (χ2n) is 4.45. The van der Waals surface area contributed by atoms with E-state index in [-0.39, 0.29) is 0 Å². The van der Waals surface area contributed by atoms with Crippen molar-refractivity contribution in [1.82, 2.24) is 4.98 Å². The van der Waals surface area contributed by atoms with Crippen molar-refractivity contribution in [2.45, 2.75) is 6.92 Å². The van der Waals surface area contributed by atoms with E-state index in [4.69, 9.17) is 5.73 Å². The van der Waals surface area contributed by atoms with Crippen LogP contribution in [0.15, 0.2) is 54.7 Å². The number of nitrogen functional groups attached to an aromatic ring is 1. The maximum atomic E-state index is 5.77. The van der Waals surface area contributed by atoms with Crippen molar-refractivity contribution in [3.05, 3.63) is 60.3 Å². The highest BCUT2D eigenvalue weighted by Gasteiger charge is 2.05. The summed E-state index contributed by atoms with van der Waals surface area (Å²) in [6.45, 7) is 1.98. The first-order chi connectivity index (χ1) is 8.75. The number of aromatic nitrogens is 1. The van der Waals surface area contributed by atoms with Gasteiger partial charge >= 0.3 is 0 Å². The summed E-state index contributed by atoms with van der Waals surface area (Å²) in [4.78, 5) is 4.24. The summed E-state index contributed by atoms with van der Waals surface area (Å²) < 4.78 is 0. The molecule has 2 heteroatoms. The van der Waals surface area contributed by atoms with Crippen LogP contribution in [0, 0.1) is 6.92 Å². The number of hydrogen-bond donors (Lipinski definition) is 1. The van der Waals surface area contributed by atoms with Crippen LogP contribution in [0.25, 0.3) is 21.9 Å². The molecule has 0 radical (unpaired) electrons. The summed E-state index contributed by atoms with van der Waals surface area (Å²) in [6, 6.07) is 16.8. The van der Waals surface area contributed by atoms with Gasteiger partial charge in [-0.15, -0.1) is 0 Å². The summed E-state index contributed by atoms with van der Waals surface area (Å²) >= 11 is 0. The van der Waals surface area contributed by atoms with Crippen molar-refractivity contribution < 1.29 is 0 Å². The highest BCUT2D eigenvalue weighted by atomic mass is 14.8. The van der Waals surface area contributed by atoms with Crippen molar-refractivity contribution >= 4 is 16.6 Å². The first-order valence-electron chi connectivity index (χ1n) is 5.96. The van der Waals surface area contributed by atoms with E-state index in [0.717, 1.165) is 11.1 Å². The van der Waals surface area contributed by atoms with Crippen molar-refractivity contribution in [3.63, 3.8) is 0 Å². The zero-order valence-electron chi connectivity index (χ0n) is 10.2. The van der Waals surface area contributed by atoms with Crippen LogP contribution < -0.4 is 5.73 Å². The minimum Gasteiger partial charge on any atom is -0.383 e. The van der Waals surface area contributed by atoms with Gasteiger partial charge in [-0.2, -0.15) is 0 Å². The van der Waals surface area contributed by atoms with E-state index in [1.807, 2.05) is 13.1 Å². The lowest BCUT2D eigenvalue weighted by atomic mass is 9.99. The van der Waals surface area contributed by atoms with Crippen LogP contribution in [0.5, 0.6) is 0 Å². The van der Waals surface area contributed by atoms with E-state index in [1.54, 1.807) is 0 Å². The van der Waals surface area contributed by atoms with Crippen LogP contribution in [0.4, 0.5) is 5.82 Å². The molecule has 2 nitrogen and oxygen atoms in total. The van der Waals surface area contributed by atoms with Gasteiger partial charge in [-0.25, -0.2) is 4.98 Å². The van der Waals surface area contributed by atoms with Crippen molar-refractivity contribution in [2.24, 2.45) is 0 Å². The molecule has 0 aliphatic heterocycles. The normalized spacial score (nSPS) is 10.7. The summed E-state index contributed by atoms with van der Waals surface area (Å²) in [7, 11) is 0. The predicted molar refractivity (Wildman–Crippen MR) is 76.3 cm³/mol. The molecule has 0 aliphatic rings. The number of fused-ring (bicyclic) bond motifs is 1. The summed E-state index contributed by atoms with van der Waals surface area (Å²) in [6.07, 6.45) is 1.84. The fourth-order valence-corrected chi connectivity index (χ4v) is 2.21. The molecule has 0 spiro atoms. The molecule has 1 aromatic heterocycles. The molecule has 2 N–H and O–H groups in total. The third-order valence-electron chi connectivity index (χ3n) is 3.22. The van der Waals surface area contributed by atoms with Gasteiger partial charge in [0, 0.05) is 11.8 Å². The molecule has 18 heavy (non-hydrogen) atoms. The van der Waals surface area contributed by atoms with E-state index in [0.29, 0.717) is 5.82 Å². The Balaban J connectivity index is 2.28. The van der Waals surface area contributed by atoms with Gasteiger partial charge in [-0.05, 0) is 34.9 Å². The average Bonchev–Trinajstić information content (AvgIpc) is 2.41. The van der Waals surface area contributed by atoms with Crippen molar-refractivity contribution in [2.75, 3.05) is 5.73 Å². The molecule has 88 valence electrons. The molecule has 1 heterocycles. The number of nitrogens with zero attached hydrogens (tertiary/aromatic N) is 1. The number of aryl methyl sites for hydroxylation is 1. The number of benzene rings is 2. The second kappa shape index (κ2) is 4.15. The lowest BCUT2D eigenvalue weighted by molar-refractivity contribution is 1.28. The molecule has 0 amide bonds. The molecular weight excluding hydrogens is 220 g/mol. The summed E-state index contributed by atoms with van der Waals surface area (Å²) in [5, 5.41) is 2.48. The number of pyridine rings is 1. The Labute approximate surface area is 106 Å². The van der Waals surface area contributed by atoms with Crippen LogP contribution in [0.1, 0.15) is 5.56 Å². The van der Waals surface area contributed by atoms with Gasteiger partial charge in [0.05, 0.1) is 0 Å².